The highest BCUT2D eigenvalue weighted by Crippen LogP contribution is 2.27. The van der Waals surface area contributed by atoms with Crippen molar-refractivity contribution < 1.29 is 4.79 Å². The molecule has 0 aromatic carbocycles. The predicted molar refractivity (Wildman–Crippen MR) is 72.0 cm³/mol. The van der Waals surface area contributed by atoms with Gasteiger partial charge in [-0.15, -0.1) is 11.8 Å². The monoisotopic (exact) mass is 269 g/mol. The normalized spacial score (nSPS) is 14.8. The number of thiazole rings is 1. The number of nitrogens with zero attached hydrogens (tertiary/aromatic N) is 2. The first-order valence-electron chi connectivity index (χ1n) is 5.46. The largest absolute Gasteiger partial charge is 0.375 e. The molecule has 1 aromatic heterocycles. The summed E-state index contributed by atoms with van der Waals surface area (Å²) in [6.07, 6.45) is 7.12. The maximum atomic E-state index is 11.9. The molecular weight excluding hydrogens is 254 g/mol. The average Bonchev–Trinajstić information content (AvgIpc) is 2.95. The van der Waals surface area contributed by atoms with Crippen LogP contribution in [0, 0.1) is 0 Å². The van der Waals surface area contributed by atoms with Gasteiger partial charge in [-0.25, -0.2) is 4.98 Å². The Balaban J connectivity index is 1.84. The van der Waals surface area contributed by atoms with Crippen LogP contribution in [0.1, 0.15) is 19.3 Å². The molecular formula is C11H15N3OS2. The van der Waals surface area contributed by atoms with Crippen molar-refractivity contribution in [2.75, 3.05) is 18.5 Å². The minimum Gasteiger partial charge on any atom is -0.375 e. The summed E-state index contributed by atoms with van der Waals surface area (Å²) in [4.78, 5) is 17.7. The van der Waals surface area contributed by atoms with Crippen molar-refractivity contribution in [2.45, 2.75) is 23.5 Å². The summed E-state index contributed by atoms with van der Waals surface area (Å²) in [7, 11) is 1.85. The first-order valence-corrected chi connectivity index (χ1v) is 7.26. The molecule has 0 atom stereocenters. The van der Waals surface area contributed by atoms with Crippen LogP contribution in [0.25, 0.3) is 0 Å². The number of anilines is 1. The number of nitrogen functional groups attached to an aromatic ring is 1. The number of hydrogen-bond acceptors (Lipinski definition) is 5. The summed E-state index contributed by atoms with van der Waals surface area (Å²) in [5.41, 5.74) is 6.69. The second kappa shape index (κ2) is 5.55. The van der Waals surface area contributed by atoms with Crippen molar-refractivity contribution in [3.63, 3.8) is 0 Å². The number of aromatic nitrogens is 1. The van der Waals surface area contributed by atoms with Crippen LogP contribution < -0.4 is 5.73 Å². The van der Waals surface area contributed by atoms with E-state index in [0.717, 1.165) is 29.2 Å². The molecule has 0 unspecified atom stereocenters. The van der Waals surface area contributed by atoms with E-state index >= 15 is 0 Å². The molecule has 1 amide bonds. The highest BCUT2D eigenvalue weighted by atomic mass is 32.2. The van der Waals surface area contributed by atoms with Crippen LogP contribution >= 0.6 is 23.1 Å². The zero-order valence-electron chi connectivity index (χ0n) is 9.68. The van der Waals surface area contributed by atoms with Gasteiger partial charge in [0.25, 0.3) is 0 Å². The quantitative estimate of drug-likeness (QED) is 0.852. The SMILES string of the molecule is CN(C(=O)CSc1cnc(N)s1)C1=CCCC1. The Hall–Kier alpha value is -1.01. The van der Waals surface area contributed by atoms with E-state index in [0.29, 0.717) is 10.9 Å². The van der Waals surface area contributed by atoms with Crippen LogP contribution in [-0.4, -0.2) is 28.6 Å². The standard InChI is InChI=1S/C11H15N3OS2/c1-14(8-4-2-3-5-8)9(15)7-16-10-6-13-11(12)17-10/h4,6H,2-3,5,7H2,1H3,(H2,12,13). The minimum absolute atomic E-state index is 0.134. The molecule has 0 radical (unpaired) electrons. The van der Waals surface area contributed by atoms with Gasteiger partial charge in [-0.1, -0.05) is 17.4 Å². The zero-order valence-corrected chi connectivity index (χ0v) is 11.3. The molecule has 0 fully saturated rings. The zero-order chi connectivity index (χ0) is 12.3. The molecule has 1 aromatic rings. The van der Waals surface area contributed by atoms with E-state index in [-0.39, 0.29) is 5.91 Å². The number of hydrogen-bond donors (Lipinski definition) is 1. The number of allylic oxidation sites excluding steroid dienone is 2. The number of carbonyl (C=O) groups is 1. The molecule has 17 heavy (non-hydrogen) atoms. The van der Waals surface area contributed by atoms with Crippen molar-refractivity contribution in [3.8, 4) is 0 Å². The molecule has 0 aliphatic heterocycles. The summed E-state index contributed by atoms with van der Waals surface area (Å²) in [5.74, 6) is 0.574. The summed E-state index contributed by atoms with van der Waals surface area (Å²) < 4.78 is 0.990. The van der Waals surface area contributed by atoms with E-state index in [2.05, 4.69) is 11.1 Å². The lowest BCUT2D eigenvalue weighted by Gasteiger charge is -2.17. The fourth-order valence-corrected chi connectivity index (χ4v) is 3.36. The Morgan fingerprint density at radius 2 is 2.53 bits per heavy atom. The lowest BCUT2D eigenvalue weighted by molar-refractivity contribution is -0.125. The van der Waals surface area contributed by atoms with Crippen LogP contribution in [-0.2, 0) is 4.79 Å². The third-order valence-electron chi connectivity index (χ3n) is 2.66. The van der Waals surface area contributed by atoms with E-state index < -0.39 is 0 Å². The number of rotatable bonds is 4. The molecule has 2 rings (SSSR count). The lowest BCUT2D eigenvalue weighted by atomic mass is 10.3. The Kier molecular flexibility index (Phi) is 4.06. The van der Waals surface area contributed by atoms with E-state index in [9.17, 15) is 4.79 Å². The smallest absolute Gasteiger partial charge is 0.236 e. The van der Waals surface area contributed by atoms with Crippen LogP contribution in [0.3, 0.4) is 0 Å². The Labute approximate surface area is 109 Å². The van der Waals surface area contributed by atoms with Crippen LogP contribution in [0.4, 0.5) is 5.13 Å². The third-order valence-corrected chi connectivity index (χ3v) is 4.67. The molecule has 2 N–H and O–H groups in total. The highest BCUT2D eigenvalue weighted by molar-refractivity contribution is 8.01. The summed E-state index contributed by atoms with van der Waals surface area (Å²) in [6.45, 7) is 0. The maximum absolute atomic E-state index is 11.9. The van der Waals surface area contributed by atoms with Crippen molar-refractivity contribution in [1.82, 2.24) is 9.88 Å². The fourth-order valence-electron chi connectivity index (χ4n) is 1.69. The third kappa shape index (κ3) is 3.23. The number of carbonyl (C=O) groups excluding carboxylic acids is 1. The van der Waals surface area contributed by atoms with Gasteiger partial charge >= 0.3 is 0 Å². The van der Waals surface area contributed by atoms with Gasteiger partial charge in [0.1, 0.15) is 0 Å². The number of nitrogens with two attached hydrogens (primary N) is 1. The van der Waals surface area contributed by atoms with Gasteiger partial charge in [0.15, 0.2) is 5.13 Å². The predicted octanol–water partition coefficient (Wildman–Crippen LogP) is 2.34. The summed E-state index contributed by atoms with van der Waals surface area (Å²) >= 11 is 2.91. The Morgan fingerprint density at radius 3 is 3.12 bits per heavy atom. The summed E-state index contributed by atoms with van der Waals surface area (Å²) in [5, 5.41) is 0.548. The average molecular weight is 269 g/mol. The lowest BCUT2D eigenvalue weighted by Crippen LogP contribution is -2.26. The molecule has 1 heterocycles. The molecule has 0 saturated heterocycles. The summed E-state index contributed by atoms with van der Waals surface area (Å²) in [6, 6.07) is 0. The van der Waals surface area contributed by atoms with E-state index in [4.69, 9.17) is 5.73 Å². The maximum Gasteiger partial charge on any atom is 0.236 e. The van der Waals surface area contributed by atoms with Gasteiger partial charge < -0.3 is 10.6 Å². The molecule has 4 nitrogen and oxygen atoms in total. The van der Waals surface area contributed by atoms with Crippen LogP contribution in [0.5, 0.6) is 0 Å². The molecule has 0 bridgehead atoms. The molecule has 92 valence electrons. The molecule has 1 aliphatic rings. The van der Waals surface area contributed by atoms with E-state index in [1.807, 2.05) is 7.05 Å². The first kappa shape index (κ1) is 12.4. The van der Waals surface area contributed by atoms with Gasteiger partial charge in [0.05, 0.1) is 16.2 Å². The van der Waals surface area contributed by atoms with Crippen molar-refractivity contribution in [3.05, 3.63) is 18.0 Å². The van der Waals surface area contributed by atoms with E-state index in [1.54, 1.807) is 11.1 Å². The molecule has 0 spiro atoms. The minimum atomic E-state index is 0.134. The van der Waals surface area contributed by atoms with Crippen LogP contribution in [0.15, 0.2) is 22.2 Å². The molecule has 6 heteroatoms. The second-order valence-corrected chi connectivity index (χ2v) is 6.18. The van der Waals surface area contributed by atoms with E-state index in [1.165, 1.54) is 23.1 Å². The molecule has 1 aliphatic carbocycles. The topological polar surface area (TPSA) is 59.2 Å². The van der Waals surface area contributed by atoms with Gasteiger partial charge in [0, 0.05) is 12.7 Å². The van der Waals surface area contributed by atoms with Crippen molar-refractivity contribution in [2.24, 2.45) is 0 Å². The highest BCUT2D eigenvalue weighted by Gasteiger charge is 2.16. The molecule has 0 saturated carbocycles. The van der Waals surface area contributed by atoms with Gasteiger partial charge in [0.2, 0.25) is 5.91 Å². The van der Waals surface area contributed by atoms with Crippen LogP contribution in [0.2, 0.25) is 0 Å². The van der Waals surface area contributed by atoms with Crippen molar-refractivity contribution in [1.29, 1.82) is 0 Å². The number of thioether (sulfide) groups is 1. The van der Waals surface area contributed by atoms with Gasteiger partial charge in [-0.3, -0.25) is 4.79 Å². The second-order valence-electron chi connectivity index (χ2n) is 3.85. The Morgan fingerprint density at radius 1 is 1.71 bits per heavy atom. The van der Waals surface area contributed by atoms with Gasteiger partial charge in [-0.2, -0.15) is 0 Å². The van der Waals surface area contributed by atoms with Crippen molar-refractivity contribution >= 4 is 34.1 Å². The number of amides is 1. The van der Waals surface area contributed by atoms with Gasteiger partial charge in [-0.05, 0) is 19.3 Å². The fraction of sp³-hybridized carbons (Fsp3) is 0.455. The Bertz CT molecular complexity index is 442. The first-order chi connectivity index (χ1) is 8.16.